The summed E-state index contributed by atoms with van der Waals surface area (Å²) >= 11 is 0. The van der Waals surface area contributed by atoms with Crippen LogP contribution in [0.1, 0.15) is 30.0 Å². The quantitative estimate of drug-likeness (QED) is 0.764. The molecule has 9 heteroatoms. The number of carbonyl (C=O) groups excluding carboxylic acids is 1. The van der Waals surface area contributed by atoms with Crippen LogP contribution in [0.2, 0.25) is 0 Å². The number of benzene rings is 2. The van der Waals surface area contributed by atoms with Gasteiger partial charge in [0.25, 0.3) is 0 Å². The highest BCUT2D eigenvalue weighted by molar-refractivity contribution is 7.91. The number of fused-ring (bicyclic) bond motifs is 1. The molecule has 0 fully saturated rings. The zero-order valence-electron chi connectivity index (χ0n) is 15.6. The van der Waals surface area contributed by atoms with Gasteiger partial charge in [-0.3, -0.25) is 9.62 Å². The number of rotatable bonds is 6. The van der Waals surface area contributed by atoms with E-state index >= 15 is 0 Å². The Labute approximate surface area is 162 Å². The third kappa shape index (κ3) is 4.09. The van der Waals surface area contributed by atoms with Gasteiger partial charge in [0.2, 0.25) is 10.0 Å². The van der Waals surface area contributed by atoms with Crippen molar-refractivity contribution in [2.24, 2.45) is 0 Å². The van der Waals surface area contributed by atoms with Crippen LogP contribution < -0.4 is 14.9 Å². The summed E-state index contributed by atoms with van der Waals surface area (Å²) in [5.41, 5.74) is 1.65. The fourth-order valence-electron chi connectivity index (χ4n) is 3.09. The van der Waals surface area contributed by atoms with Crippen molar-refractivity contribution in [1.29, 1.82) is 0 Å². The van der Waals surface area contributed by atoms with Crippen molar-refractivity contribution in [3.8, 4) is 0 Å². The lowest BCUT2D eigenvalue weighted by Crippen LogP contribution is -2.44. The summed E-state index contributed by atoms with van der Waals surface area (Å²) < 4.78 is 54.9. The van der Waals surface area contributed by atoms with Crippen molar-refractivity contribution >= 4 is 27.4 Å². The zero-order valence-corrected chi connectivity index (χ0v) is 16.4. The second-order valence-electron chi connectivity index (χ2n) is 6.68. The summed E-state index contributed by atoms with van der Waals surface area (Å²) in [6.45, 7) is 4.18. The normalized spacial score (nSPS) is 13.9. The van der Waals surface area contributed by atoms with Gasteiger partial charge in [-0.1, -0.05) is 19.1 Å². The Hall–Kier alpha value is -2.68. The van der Waals surface area contributed by atoms with Gasteiger partial charge in [0.1, 0.15) is 0 Å². The molecule has 0 saturated heterocycles. The number of amides is 2. The van der Waals surface area contributed by atoms with Crippen LogP contribution >= 0.6 is 0 Å². The minimum atomic E-state index is -3.96. The lowest BCUT2D eigenvalue weighted by Gasteiger charge is -2.30. The van der Waals surface area contributed by atoms with Crippen molar-refractivity contribution in [2.75, 3.05) is 16.2 Å². The SMILES string of the molecule is CCCN1C(=O)NCc2cc(NS(=O)(=O)Cc3ccc(C)c(F)c3F)ccc21. The fraction of sp³-hybridized carbons (Fsp3) is 0.316. The number of carbonyl (C=O) groups is 1. The Morgan fingerprint density at radius 1 is 1.18 bits per heavy atom. The summed E-state index contributed by atoms with van der Waals surface area (Å²) in [5.74, 6) is -2.90. The summed E-state index contributed by atoms with van der Waals surface area (Å²) in [4.78, 5) is 13.6. The molecule has 1 aliphatic rings. The third-order valence-electron chi connectivity index (χ3n) is 4.47. The molecule has 0 radical (unpaired) electrons. The molecule has 28 heavy (non-hydrogen) atoms. The molecule has 6 nitrogen and oxygen atoms in total. The van der Waals surface area contributed by atoms with Crippen LogP contribution in [-0.4, -0.2) is 21.0 Å². The maximum Gasteiger partial charge on any atom is 0.322 e. The van der Waals surface area contributed by atoms with E-state index in [1.807, 2.05) is 6.92 Å². The lowest BCUT2D eigenvalue weighted by atomic mass is 10.1. The molecule has 0 atom stereocenters. The minimum Gasteiger partial charge on any atom is -0.334 e. The maximum atomic E-state index is 14.0. The van der Waals surface area contributed by atoms with E-state index in [4.69, 9.17) is 0 Å². The number of nitrogens with one attached hydrogen (secondary N) is 2. The van der Waals surface area contributed by atoms with Gasteiger partial charge >= 0.3 is 6.03 Å². The average molecular weight is 409 g/mol. The Kier molecular flexibility index (Phi) is 5.55. The van der Waals surface area contributed by atoms with Crippen molar-refractivity contribution in [1.82, 2.24) is 5.32 Å². The highest BCUT2D eigenvalue weighted by atomic mass is 32.2. The molecular weight excluding hydrogens is 388 g/mol. The van der Waals surface area contributed by atoms with E-state index in [-0.39, 0.29) is 23.7 Å². The van der Waals surface area contributed by atoms with E-state index in [9.17, 15) is 22.0 Å². The number of urea groups is 1. The monoisotopic (exact) mass is 409 g/mol. The Bertz CT molecular complexity index is 1030. The molecule has 1 heterocycles. The molecule has 0 spiro atoms. The molecule has 2 N–H and O–H groups in total. The molecule has 0 unspecified atom stereocenters. The number of hydrogen-bond acceptors (Lipinski definition) is 3. The molecule has 3 rings (SSSR count). The van der Waals surface area contributed by atoms with Crippen LogP contribution in [0, 0.1) is 18.6 Å². The van der Waals surface area contributed by atoms with Crippen LogP contribution in [0.25, 0.3) is 0 Å². The van der Waals surface area contributed by atoms with Gasteiger partial charge in [0, 0.05) is 24.3 Å². The number of anilines is 2. The Morgan fingerprint density at radius 2 is 1.93 bits per heavy atom. The first-order valence-corrected chi connectivity index (χ1v) is 10.5. The van der Waals surface area contributed by atoms with Crippen LogP contribution in [0.3, 0.4) is 0 Å². The second-order valence-corrected chi connectivity index (χ2v) is 8.41. The topological polar surface area (TPSA) is 78.5 Å². The number of aryl methyl sites for hydroxylation is 1. The second kappa shape index (κ2) is 7.75. The van der Waals surface area contributed by atoms with E-state index in [0.717, 1.165) is 17.7 Å². The van der Waals surface area contributed by atoms with Gasteiger partial charge in [0.15, 0.2) is 11.6 Å². The smallest absolute Gasteiger partial charge is 0.322 e. The van der Waals surface area contributed by atoms with E-state index in [1.165, 1.54) is 19.1 Å². The van der Waals surface area contributed by atoms with E-state index in [2.05, 4.69) is 10.0 Å². The summed E-state index contributed by atoms with van der Waals surface area (Å²) in [5, 5.41) is 2.74. The molecule has 0 bridgehead atoms. The van der Waals surface area contributed by atoms with Crippen LogP contribution in [0.5, 0.6) is 0 Å². The number of hydrogen-bond donors (Lipinski definition) is 2. The van der Waals surface area contributed by atoms with Crippen LogP contribution in [0.15, 0.2) is 30.3 Å². The highest BCUT2D eigenvalue weighted by Crippen LogP contribution is 2.28. The minimum absolute atomic E-state index is 0.111. The predicted octanol–water partition coefficient (Wildman–Crippen LogP) is 3.65. The van der Waals surface area contributed by atoms with Crippen molar-refractivity contribution in [2.45, 2.75) is 32.6 Å². The molecule has 2 aromatic carbocycles. The van der Waals surface area contributed by atoms with Gasteiger partial charge in [-0.15, -0.1) is 0 Å². The molecule has 2 amide bonds. The standard InChI is InChI=1S/C19H21F2N3O3S/c1-3-8-24-16-7-6-15(9-14(16)10-22-19(24)25)23-28(26,27)11-13-5-4-12(2)17(20)18(13)21/h4-7,9,23H,3,8,10-11H2,1-2H3,(H,22,25). The predicted molar refractivity (Wildman–Crippen MR) is 104 cm³/mol. The third-order valence-corrected chi connectivity index (χ3v) is 5.70. The Morgan fingerprint density at radius 3 is 2.64 bits per heavy atom. The number of halogens is 2. The summed E-state index contributed by atoms with van der Waals surface area (Å²) in [6, 6.07) is 7.25. The molecular formula is C19H21F2N3O3S. The number of sulfonamides is 1. The fourth-order valence-corrected chi connectivity index (χ4v) is 4.28. The van der Waals surface area contributed by atoms with Gasteiger partial charge in [0.05, 0.1) is 11.4 Å². The lowest BCUT2D eigenvalue weighted by molar-refractivity contribution is 0.244. The number of nitrogens with zero attached hydrogens (tertiary/aromatic N) is 1. The van der Waals surface area contributed by atoms with Gasteiger partial charge in [-0.25, -0.2) is 22.0 Å². The molecule has 2 aromatic rings. The maximum absolute atomic E-state index is 14.0. The largest absolute Gasteiger partial charge is 0.334 e. The van der Waals surface area contributed by atoms with Crippen molar-refractivity contribution < 1.29 is 22.0 Å². The van der Waals surface area contributed by atoms with Crippen molar-refractivity contribution in [3.63, 3.8) is 0 Å². The van der Waals surface area contributed by atoms with E-state index in [0.29, 0.717) is 12.2 Å². The molecule has 0 saturated carbocycles. The summed E-state index contributed by atoms with van der Waals surface area (Å²) in [6.07, 6.45) is 0.778. The van der Waals surface area contributed by atoms with Gasteiger partial charge in [-0.2, -0.15) is 0 Å². The first-order valence-electron chi connectivity index (χ1n) is 8.84. The van der Waals surface area contributed by atoms with Crippen LogP contribution in [0.4, 0.5) is 25.0 Å². The Balaban J connectivity index is 1.82. The van der Waals surface area contributed by atoms with Crippen molar-refractivity contribution in [3.05, 3.63) is 58.7 Å². The van der Waals surface area contributed by atoms with Gasteiger partial charge < -0.3 is 5.32 Å². The molecule has 0 aromatic heterocycles. The molecule has 1 aliphatic heterocycles. The highest BCUT2D eigenvalue weighted by Gasteiger charge is 2.24. The van der Waals surface area contributed by atoms with E-state index in [1.54, 1.807) is 23.1 Å². The van der Waals surface area contributed by atoms with E-state index < -0.39 is 27.4 Å². The average Bonchev–Trinajstić information content (AvgIpc) is 2.64. The zero-order chi connectivity index (χ0) is 20.5. The molecule has 150 valence electrons. The first kappa shape index (κ1) is 20.1. The molecule has 0 aliphatic carbocycles. The summed E-state index contributed by atoms with van der Waals surface area (Å²) in [7, 11) is -3.96. The van der Waals surface area contributed by atoms with Crippen LogP contribution in [-0.2, 0) is 22.3 Å². The first-order chi connectivity index (χ1) is 13.2. The van der Waals surface area contributed by atoms with Gasteiger partial charge in [-0.05, 0) is 42.7 Å².